The third-order valence-corrected chi connectivity index (χ3v) is 7.93. The van der Waals surface area contributed by atoms with E-state index in [9.17, 15) is 13.2 Å². The molecule has 0 radical (unpaired) electrons. The first-order chi connectivity index (χ1) is 13.4. The van der Waals surface area contributed by atoms with Crippen molar-refractivity contribution in [3.05, 3.63) is 46.8 Å². The predicted octanol–water partition coefficient (Wildman–Crippen LogP) is 2.24. The molecule has 2 heterocycles. The number of hydrogen-bond donors (Lipinski definition) is 0. The van der Waals surface area contributed by atoms with Crippen molar-refractivity contribution in [2.24, 2.45) is 0 Å². The third-order valence-electron chi connectivity index (χ3n) is 5.78. The second kappa shape index (κ2) is 7.33. The van der Waals surface area contributed by atoms with Crippen molar-refractivity contribution in [1.29, 1.82) is 0 Å². The molecule has 2 aliphatic rings. The number of rotatable bonds is 3. The molecule has 1 saturated heterocycles. The quantitative estimate of drug-likeness (QED) is 0.785. The maximum Gasteiger partial charge on any atom is 0.248 e. The molecular weight excluding hydrogens is 378 g/mol. The number of carbonyl (C=O) groups is 1. The van der Waals surface area contributed by atoms with E-state index in [1.807, 2.05) is 17.0 Å². The van der Waals surface area contributed by atoms with E-state index in [0.29, 0.717) is 24.5 Å². The molecule has 1 aromatic carbocycles. The molecule has 0 saturated carbocycles. The smallest absolute Gasteiger partial charge is 0.248 e. The zero-order valence-corrected chi connectivity index (χ0v) is 17.0. The van der Waals surface area contributed by atoms with Crippen LogP contribution in [-0.2, 0) is 21.2 Å². The Morgan fingerprint density at radius 2 is 1.86 bits per heavy atom. The van der Waals surface area contributed by atoms with Gasteiger partial charge >= 0.3 is 0 Å². The van der Waals surface area contributed by atoms with Crippen molar-refractivity contribution in [3.63, 3.8) is 0 Å². The first-order valence-electron chi connectivity index (χ1n) is 9.69. The Morgan fingerprint density at radius 1 is 1.14 bits per heavy atom. The largest absolute Gasteiger partial charge is 0.360 e. The van der Waals surface area contributed by atoms with Crippen molar-refractivity contribution in [1.82, 2.24) is 14.4 Å². The molecule has 1 fully saturated rings. The highest BCUT2D eigenvalue weighted by molar-refractivity contribution is 7.89. The summed E-state index contributed by atoms with van der Waals surface area (Å²) < 4.78 is 32.4. The number of piperazine rings is 1. The molecule has 28 heavy (non-hydrogen) atoms. The Kier molecular flexibility index (Phi) is 5.01. The van der Waals surface area contributed by atoms with Crippen molar-refractivity contribution < 1.29 is 17.7 Å². The molecule has 1 atom stereocenters. The Morgan fingerprint density at radius 3 is 2.54 bits per heavy atom. The Hall–Kier alpha value is -2.19. The van der Waals surface area contributed by atoms with Gasteiger partial charge in [0, 0.05) is 26.2 Å². The van der Waals surface area contributed by atoms with Gasteiger partial charge in [-0.3, -0.25) is 4.79 Å². The number of hydrogen-bond acceptors (Lipinski definition) is 5. The highest BCUT2D eigenvalue weighted by atomic mass is 32.2. The zero-order valence-electron chi connectivity index (χ0n) is 16.2. The van der Waals surface area contributed by atoms with Gasteiger partial charge in [0.25, 0.3) is 0 Å². The van der Waals surface area contributed by atoms with Crippen molar-refractivity contribution in [2.75, 3.05) is 26.2 Å². The lowest BCUT2D eigenvalue weighted by Crippen LogP contribution is -2.51. The van der Waals surface area contributed by atoms with Crippen LogP contribution in [0.1, 0.15) is 41.3 Å². The molecule has 1 aromatic heterocycles. The number of nitrogens with zero attached hydrogens (tertiary/aromatic N) is 3. The number of aryl methyl sites for hydroxylation is 3. The standard InChI is InChI=1S/C20H25N3O4S/c1-14-19(15(2)27-21-14)28(25,26)23-12-10-22(11-13-23)20(24)18-9-5-7-16-6-3-4-8-17(16)18/h3-4,6,8,18H,5,7,9-13H2,1-2H3/t18-/m1/s1. The van der Waals surface area contributed by atoms with E-state index in [1.165, 1.54) is 9.87 Å². The van der Waals surface area contributed by atoms with Crippen molar-refractivity contribution >= 4 is 15.9 Å². The minimum absolute atomic E-state index is 0.113. The summed E-state index contributed by atoms with van der Waals surface area (Å²) in [5.74, 6) is 0.298. The van der Waals surface area contributed by atoms with Crippen LogP contribution in [0.5, 0.6) is 0 Å². The van der Waals surface area contributed by atoms with Crippen LogP contribution in [0.4, 0.5) is 0 Å². The molecule has 1 aliphatic carbocycles. The molecule has 4 rings (SSSR count). The van der Waals surface area contributed by atoms with E-state index in [1.54, 1.807) is 13.8 Å². The normalized spacial score (nSPS) is 20.8. The number of sulfonamides is 1. The molecular formula is C20H25N3O4S. The molecule has 0 spiro atoms. The van der Waals surface area contributed by atoms with E-state index in [-0.39, 0.29) is 29.8 Å². The molecule has 150 valence electrons. The number of amides is 1. The number of benzene rings is 1. The summed E-state index contributed by atoms with van der Waals surface area (Å²) in [7, 11) is -3.66. The molecule has 0 N–H and O–H groups in total. The Balaban J connectivity index is 1.47. The van der Waals surface area contributed by atoms with E-state index in [2.05, 4.69) is 17.3 Å². The Bertz CT molecular complexity index is 971. The maximum atomic E-state index is 13.1. The zero-order chi connectivity index (χ0) is 19.9. The van der Waals surface area contributed by atoms with Gasteiger partial charge in [0.2, 0.25) is 15.9 Å². The van der Waals surface area contributed by atoms with Gasteiger partial charge in [0.1, 0.15) is 10.6 Å². The van der Waals surface area contributed by atoms with Crippen LogP contribution >= 0.6 is 0 Å². The summed E-state index contributed by atoms with van der Waals surface area (Å²) >= 11 is 0. The highest BCUT2D eigenvalue weighted by Crippen LogP contribution is 2.33. The van der Waals surface area contributed by atoms with E-state index in [0.717, 1.165) is 24.8 Å². The summed E-state index contributed by atoms with van der Waals surface area (Å²) in [6, 6.07) is 8.15. The van der Waals surface area contributed by atoms with Gasteiger partial charge in [-0.25, -0.2) is 8.42 Å². The van der Waals surface area contributed by atoms with Gasteiger partial charge in [0.15, 0.2) is 5.76 Å². The van der Waals surface area contributed by atoms with Gasteiger partial charge in [0.05, 0.1) is 5.92 Å². The van der Waals surface area contributed by atoms with Crippen molar-refractivity contribution in [3.8, 4) is 0 Å². The fourth-order valence-electron chi connectivity index (χ4n) is 4.35. The second-order valence-electron chi connectivity index (χ2n) is 7.53. The monoisotopic (exact) mass is 403 g/mol. The summed E-state index contributed by atoms with van der Waals surface area (Å²) in [5, 5.41) is 3.76. The fourth-order valence-corrected chi connectivity index (χ4v) is 6.06. The lowest BCUT2D eigenvalue weighted by molar-refractivity contribution is -0.134. The topological polar surface area (TPSA) is 83.7 Å². The minimum Gasteiger partial charge on any atom is -0.360 e. The lowest BCUT2D eigenvalue weighted by atomic mass is 9.82. The number of aromatic nitrogens is 1. The number of fused-ring (bicyclic) bond motifs is 1. The van der Waals surface area contributed by atoms with E-state index in [4.69, 9.17) is 4.52 Å². The summed E-state index contributed by atoms with van der Waals surface area (Å²) in [6.07, 6.45) is 2.88. The maximum absolute atomic E-state index is 13.1. The van der Waals surface area contributed by atoms with Gasteiger partial charge in [-0.1, -0.05) is 29.4 Å². The fraction of sp³-hybridized carbons (Fsp3) is 0.500. The van der Waals surface area contributed by atoms with Crippen LogP contribution in [0.3, 0.4) is 0 Å². The first kappa shape index (κ1) is 19.1. The SMILES string of the molecule is Cc1noc(C)c1S(=O)(=O)N1CCN(C(=O)[C@@H]2CCCc3ccccc32)CC1. The molecule has 1 aliphatic heterocycles. The van der Waals surface area contributed by atoms with Gasteiger partial charge < -0.3 is 9.42 Å². The van der Waals surface area contributed by atoms with Crippen LogP contribution in [0.15, 0.2) is 33.7 Å². The highest BCUT2D eigenvalue weighted by Gasteiger charge is 2.36. The van der Waals surface area contributed by atoms with Crippen LogP contribution in [0.2, 0.25) is 0 Å². The molecule has 0 unspecified atom stereocenters. The Labute approximate surface area is 165 Å². The van der Waals surface area contributed by atoms with Crippen LogP contribution < -0.4 is 0 Å². The second-order valence-corrected chi connectivity index (χ2v) is 9.40. The van der Waals surface area contributed by atoms with Crippen molar-refractivity contribution in [2.45, 2.75) is 43.9 Å². The average molecular weight is 404 g/mol. The van der Waals surface area contributed by atoms with Crippen LogP contribution in [-0.4, -0.2) is 54.9 Å². The van der Waals surface area contributed by atoms with Gasteiger partial charge in [-0.05, 0) is 44.2 Å². The van der Waals surface area contributed by atoms with Crippen LogP contribution in [0, 0.1) is 13.8 Å². The summed E-state index contributed by atoms with van der Waals surface area (Å²) in [6.45, 7) is 4.61. The molecule has 0 bridgehead atoms. The lowest BCUT2D eigenvalue weighted by Gasteiger charge is -2.37. The van der Waals surface area contributed by atoms with Gasteiger partial charge in [-0.15, -0.1) is 0 Å². The van der Waals surface area contributed by atoms with E-state index >= 15 is 0 Å². The third kappa shape index (κ3) is 3.24. The molecule has 7 nitrogen and oxygen atoms in total. The molecule has 1 amide bonds. The number of carbonyl (C=O) groups excluding carboxylic acids is 1. The van der Waals surface area contributed by atoms with Gasteiger partial charge in [-0.2, -0.15) is 4.31 Å². The van der Waals surface area contributed by atoms with Crippen LogP contribution in [0.25, 0.3) is 0 Å². The minimum atomic E-state index is -3.66. The molecule has 2 aromatic rings. The first-order valence-corrected chi connectivity index (χ1v) is 11.1. The summed E-state index contributed by atoms with van der Waals surface area (Å²) in [5.41, 5.74) is 2.76. The average Bonchev–Trinajstić information content (AvgIpc) is 3.06. The molecule has 8 heteroatoms. The van der Waals surface area contributed by atoms with E-state index < -0.39 is 10.0 Å². The predicted molar refractivity (Wildman–Crippen MR) is 103 cm³/mol. The summed E-state index contributed by atoms with van der Waals surface area (Å²) in [4.78, 5) is 15.1.